The number of halogens is 3. The Balaban J connectivity index is -0.000000282. The lowest BCUT2D eigenvalue weighted by molar-refractivity contribution is 0.548. The molecule has 0 aliphatic rings. The zero-order chi connectivity index (χ0) is 10.5. The van der Waals surface area contributed by atoms with E-state index in [1.807, 2.05) is 0 Å². The first-order chi connectivity index (χ1) is 6.91. The van der Waals surface area contributed by atoms with Crippen LogP contribution in [0.4, 0.5) is 0 Å². The van der Waals surface area contributed by atoms with E-state index < -0.39 is 0 Å². The molecule has 0 aromatic carbocycles. The summed E-state index contributed by atoms with van der Waals surface area (Å²) >= 11 is 0. The van der Waals surface area contributed by atoms with Crippen molar-refractivity contribution in [1.29, 1.82) is 0 Å². The Morgan fingerprint density at radius 2 is 0.529 bits per heavy atom. The molecule has 0 bridgehead atoms. The van der Waals surface area contributed by atoms with Gasteiger partial charge in [0, 0.05) is 0 Å². The van der Waals surface area contributed by atoms with Crippen LogP contribution in [0.5, 0.6) is 0 Å². The summed E-state index contributed by atoms with van der Waals surface area (Å²) in [7, 11) is 0. The molecule has 0 fully saturated rings. The van der Waals surface area contributed by atoms with Gasteiger partial charge in [-0.25, -0.2) is 0 Å². The molecule has 0 atom stereocenters. The summed E-state index contributed by atoms with van der Waals surface area (Å²) in [6.07, 6.45) is 17.4. The highest BCUT2D eigenvalue weighted by molar-refractivity contribution is 5.86. The Labute approximate surface area is 128 Å². The molecule has 0 aliphatic carbocycles. The first-order valence-corrected chi connectivity index (χ1v) is 6.91. The van der Waals surface area contributed by atoms with Crippen LogP contribution in [0.1, 0.15) is 90.9 Å². The number of rotatable bonds is 11. The van der Waals surface area contributed by atoms with Crippen LogP contribution >= 0.6 is 37.2 Å². The summed E-state index contributed by atoms with van der Waals surface area (Å²) in [6.45, 7) is 4.57. The molecular weight excluding hydrogens is 275 g/mol. The molecule has 3 heteroatoms. The van der Waals surface area contributed by atoms with Crippen LogP contribution in [0, 0.1) is 0 Å². The monoisotopic (exact) mass is 306 g/mol. The third-order valence-electron chi connectivity index (χ3n) is 2.96. The minimum Gasteiger partial charge on any atom is -0.147 e. The lowest BCUT2D eigenvalue weighted by Gasteiger charge is -2.01. The van der Waals surface area contributed by atoms with E-state index >= 15 is 0 Å². The minimum absolute atomic E-state index is 0. The largest absolute Gasteiger partial charge is 0.147 e. The molecule has 0 aliphatic heterocycles. The standard InChI is InChI=1S/C14H30.3ClH/c1-3-5-7-9-11-13-14-12-10-8-6-4-2;;;/h3-14H2,1-2H3;3*1H. The van der Waals surface area contributed by atoms with Gasteiger partial charge < -0.3 is 0 Å². The molecule has 110 valence electrons. The molecule has 0 rings (SSSR count). The van der Waals surface area contributed by atoms with Gasteiger partial charge in [-0.3, -0.25) is 0 Å². The number of hydrogen-bond acceptors (Lipinski definition) is 0. The minimum atomic E-state index is 0. The van der Waals surface area contributed by atoms with Crippen LogP contribution in [-0.4, -0.2) is 0 Å². The molecule has 0 unspecified atom stereocenters. The van der Waals surface area contributed by atoms with E-state index in [4.69, 9.17) is 0 Å². The molecule has 0 amide bonds. The Morgan fingerprint density at radius 1 is 0.353 bits per heavy atom. The maximum Gasteiger partial charge on any atom is -0.0533 e. The van der Waals surface area contributed by atoms with Crippen molar-refractivity contribution in [2.75, 3.05) is 0 Å². The predicted molar refractivity (Wildman–Crippen MR) is 88.5 cm³/mol. The van der Waals surface area contributed by atoms with E-state index in [9.17, 15) is 0 Å². The number of hydrogen-bond donors (Lipinski definition) is 0. The van der Waals surface area contributed by atoms with Gasteiger partial charge in [-0.1, -0.05) is 90.9 Å². The summed E-state index contributed by atoms with van der Waals surface area (Å²) in [5.74, 6) is 0. The summed E-state index contributed by atoms with van der Waals surface area (Å²) in [5.41, 5.74) is 0. The smallest absolute Gasteiger partial charge is 0.0533 e. The Kier molecular flexibility index (Phi) is 39.9. The van der Waals surface area contributed by atoms with E-state index in [2.05, 4.69) is 13.8 Å². The highest BCUT2D eigenvalue weighted by Crippen LogP contribution is 2.11. The molecule has 0 saturated heterocycles. The quantitative estimate of drug-likeness (QED) is 0.361. The third kappa shape index (κ3) is 26.5. The van der Waals surface area contributed by atoms with Crippen LogP contribution in [0.2, 0.25) is 0 Å². The fraction of sp³-hybridized carbons (Fsp3) is 1.00. The second-order valence-corrected chi connectivity index (χ2v) is 4.54. The average molecular weight is 308 g/mol. The van der Waals surface area contributed by atoms with Crippen molar-refractivity contribution in [3.05, 3.63) is 0 Å². The molecule has 0 saturated carbocycles. The van der Waals surface area contributed by atoms with Crippen LogP contribution < -0.4 is 0 Å². The summed E-state index contributed by atoms with van der Waals surface area (Å²) < 4.78 is 0. The van der Waals surface area contributed by atoms with Gasteiger partial charge in [-0.05, 0) is 0 Å². The topological polar surface area (TPSA) is 0 Å². The molecule has 0 radical (unpaired) electrons. The van der Waals surface area contributed by atoms with Gasteiger partial charge in [0.1, 0.15) is 0 Å². The van der Waals surface area contributed by atoms with E-state index in [1.165, 1.54) is 77.0 Å². The van der Waals surface area contributed by atoms with Crippen molar-refractivity contribution >= 4 is 37.2 Å². The predicted octanol–water partition coefficient (Wildman–Crippen LogP) is 6.97. The fourth-order valence-electron chi connectivity index (χ4n) is 1.91. The van der Waals surface area contributed by atoms with Gasteiger partial charge in [-0.2, -0.15) is 0 Å². The third-order valence-corrected chi connectivity index (χ3v) is 2.96. The molecule has 0 aromatic rings. The molecule has 0 heterocycles. The molecule has 0 aromatic heterocycles. The summed E-state index contributed by atoms with van der Waals surface area (Å²) in [4.78, 5) is 0. The fourth-order valence-corrected chi connectivity index (χ4v) is 1.91. The van der Waals surface area contributed by atoms with Crippen LogP contribution in [0.3, 0.4) is 0 Å². The highest BCUT2D eigenvalue weighted by Gasteiger charge is 1.91. The average Bonchev–Trinajstić information content (AvgIpc) is 2.21. The zero-order valence-corrected chi connectivity index (χ0v) is 14.2. The van der Waals surface area contributed by atoms with Gasteiger partial charge in [0.25, 0.3) is 0 Å². The van der Waals surface area contributed by atoms with E-state index in [-0.39, 0.29) is 37.2 Å². The van der Waals surface area contributed by atoms with Crippen molar-refractivity contribution in [3.63, 3.8) is 0 Å². The SMILES string of the molecule is CCCCCCCCCCCCCC.Cl.Cl.Cl. The maximum atomic E-state index is 2.29. The van der Waals surface area contributed by atoms with E-state index in [1.54, 1.807) is 0 Å². The summed E-state index contributed by atoms with van der Waals surface area (Å²) in [6, 6.07) is 0. The maximum absolute atomic E-state index is 2.29. The molecular formula is C14H33Cl3. The molecule has 17 heavy (non-hydrogen) atoms. The van der Waals surface area contributed by atoms with Gasteiger partial charge in [0.2, 0.25) is 0 Å². The van der Waals surface area contributed by atoms with Gasteiger partial charge in [-0.15, -0.1) is 37.2 Å². The summed E-state index contributed by atoms with van der Waals surface area (Å²) in [5, 5.41) is 0. The molecule has 0 N–H and O–H groups in total. The van der Waals surface area contributed by atoms with Crippen LogP contribution in [0.15, 0.2) is 0 Å². The van der Waals surface area contributed by atoms with Gasteiger partial charge in [0.15, 0.2) is 0 Å². The van der Waals surface area contributed by atoms with Crippen LogP contribution in [0.25, 0.3) is 0 Å². The van der Waals surface area contributed by atoms with Crippen molar-refractivity contribution in [2.45, 2.75) is 90.9 Å². The van der Waals surface area contributed by atoms with Gasteiger partial charge >= 0.3 is 0 Å². The zero-order valence-electron chi connectivity index (χ0n) is 11.7. The lowest BCUT2D eigenvalue weighted by atomic mass is 10.1. The molecule has 0 nitrogen and oxygen atoms in total. The first kappa shape index (κ1) is 26.4. The van der Waals surface area contributed by atoms with Gasteiger partial charge in [0.05, 0.1) is 0 Å². The first-order valence-electron chi connectivity index (χ1n) is 6.91. The highest BCUT2D eigenvalue weighted by atomic mass is 35.5. The Hall–Kier alpha value is 0.870. The second-order valence-electron chi connectivity index (χ2n) is 4.54. The van der Waals surface area contributed by atoms with Crippen molar-refractivity contribution in [3.8, 4) is 0 Å². The van der Waals surface area contributed by atoms with E-state index in [0.717, 1.165) is 0 Å². The van der Waals surface area contributed by atoms with Crippen LogP contribution in [-0.2, 0) is 0 Å². The Morgan fingerprint density at radius 3 is 0.706 bits per heavy atom. The molecule has 0 spiro atoms. The lowest BCUT2D eigenvalue weighted by Crippen LogP contribution is -1.81. The van der Waals surface area contributed by atoms with E-state index in [0.29, 0.717) is 0 Å². The Bertz CT molecular complexity index is 85.5. The van der Waals surface area contributed by atoms with Crippen molar-refractivity contribution < 1.29 is 0 Å². The number of unbranched alkanes of at least 4 members (excludes halogenated alkanes) is 11. The second kappa shape index (κ2) is 25.7. The van der Waals surface area contributed by atoms with Crippen molar-refractivity contribution in [2.24, 2.45) is 0 Å². The normalized spacial score (nSPS) is 8.82. The van der Waals surface area contributed by atoms with Crippen molar-refractivity contribution in [1.82, 2.24) is 0 Å².